The van der Waals surface area contributed by atoms with Gasteiger partial charge in [0.05, 0.1) is 6.10 Å². The van der Waals surface area contributed by atoms with Crippen molar-refractivity contribution >= 4 is 0 Å². The van der Waals surface area contributed by atoms with Crippen molar-refractivity contribution < 1.29 is 5.11 Å². The number of hydrogen-bond donors (Lipinski definition) is 1. The zero-order valence-corrected chi connectivity index (χ0v) is 20.5. The topological polar surface area (TPSA) is 20.2 Å². The van der Waals surface area contributed by atoms with Gasteiger partial charge in [-0.05, 0) is 110 Å². The maximum absolute atomic E-state index is 10.2. The monoisotopic (exact) mass is 412 g/mol. The molecule has 0 unspecified atom stereocenters. The van der Waals surface area contributed by atoms with Crippen LogP contribution in [0.4, 0.5) is 0 Å². The van der Waals surface area contributed by atoms with Crippen LogP contribution in [0.3, 0.4) is 0 Å². The second-order valence-electron chi connectivity index (χ2n) is 12.4. The molecule has 0 bridgehead atoms. The van der Waals surface area contributed by atoms with E-state index in [0.717, 1.165) is 48.3 Å². The summed E-state index contributed by atoms with van der Waals surface area (Å²) in [6.07, 6.45) is 17.6. The fourth-order valence-corrected chi connectivity index (χ4v) is 9.20. The van der Waals surface area contributed by atoms with E-state index in [1.807, 2.05) is 0 Å². The SMILES string of the molecule is C=C[C@H](C)[C@H](CC)C[C@@H](C)[C@H]1CC[C@H]2[C@@H]3CC=C4C[C@@H](O)CC[C@]4(C)[C@H]3CC[C@]12C. The lowest BCUT2D eigenvalue weighted by Crippen LogP contribution is -2.50. The molecule has 1 heteroatoms. The Morgan fingerprint density at radius 2 is 1.90 bits per heavy atom. The van der Waals surface area contributed by atoms with Gasteiger partial charge >= 0.3 is 0 Å². The van der Waals surface area contributed by atoms with E-state index in [1.165, 1.54) is 51.4 Å². The van der Waals surface area contributed by atoms with E-state index in [-0.39, 0.29) is 6.10 Å². The quantitative estimate of drug-likeness (QED) is 0.441. The van der Waals surface area contributed by atoms with E-state index < -0.39 is 0 Å². The molecule has 3 saturated carbocycles. The Labute approximate surface area is 186 Å². The number of allylic oxidation sites excluding steroid dienone is 2. The van der Waals surface area contributed by atoms with Crippen LogP contribution in [0.25, 0.3) is 0 Å². The molecule has 0 radical (unpaired) electrons. The van der Waals surface area contributed by atoms with Gasteiger partial charge in [0.25, 0.3) is 0 Å². The second-order valence-corrected chi connectivity index (χ2v) is 12.4. The molecule has 0 heterocycles. The third-order valence-electron chi connectivity index (χ3n) is 11.2. The molecule has 0 aliphatic heterocycles. The zero-order valence-electron chi connectivity index (χ0n) is 20.5. The first-order chi connectivity index (χ1) is 14.2. The molecule has 4 aliphatic carbocycles. The summed E-state index contributed by atoms with van der Waals surface area (Å²) in [5.41, 5.74) is 2.53. The van der Waals surface area contributed by atoms with Crippen LogP contribution in [0.1, 0.15) is 98.8 Å². The van der Waals surface area contributed by atoms with E-state index in [0.29, 0.717) is 16.7 Å². The normalized spacial score (nSPS) is 46.1. The standard InChI is InChI=1S/C29H48O/c1-7-19(3)21(8-2)17-20(4)25-11-12-26-24-10-9-22-18-23(30)13-15-28(22,5)27(24)14-16-29(25,26)6/h7,9,19-21,23-27,30H,1,8,10-18H2,2-6H3/t19-,20+,21+,23-,24-,25+,26-,27-,28-,29+/m0/s1. The van der Waals surface area contributed by atoms with Crippen molar-refractivity contribution in [3.63, 3.8) is 0 Å². The molecular formula is C29H48O. The molecular weight excluding hydrogens is 364 g/mol. The van der Waals surface area contributed by atoms with Crippen molar-refractivity contribution in [3.8, 4) is 0 Å². The summed E-state index contributed by atoms with van der Waals surface area (Å²) in [6, 6.07) is 0. The lowest BCUT2D eigenvalue weighted by molar-refractivity contribution is -0.0583. The van der Waals surface area contributed by atoms with Crippen LogP contribution in [0, 0.1) is 52.3 Å². The van der Waals surface area contributed by atoms with Crippen LogP contribution in [-0.4, -0.2) is 11.2 Å². The number of aliphatic hydroxyl groups is 1. The molecule has 4 aliphatic rings. The van der Waals surface area contributed by atoms with Crippen molar-refractivity contribution in [2.24, 2.45) is 52.3 Å². The van der Waals surface area contributed by atoms with Gasteiger partial charge in [-0.15, -0.1) is 6.58 Å². The fraction of sp³-hybridized carbons (Fsp3) is 0.862. The van der Waals surface area contributed by atoms with Crippen molar-refractivity contribution in [2.75, 3.05) is 0 Å². The Balaban J connectivity index is 1.52. The van der Waals surface area contributed by atoms with Crippen LogP contribution < -0.4 is 0 Å². The van der Waals surface area contributed by atoms with Gasteiger partial charge in [-0.1, -0.05) is 58.8 Å². The van der Waals surface area contributed by atoms with E-state index in [2.05, 4.69) is 53.3 Å². The van der Waals surface area contributed by atoms with Gasteiger partial charge in [0.2, 0.25) is 0 Å². The van der Waals surface area contributed by atoms with Gasteiger partial charge in [-0.2, -0.15) is 0 Å². The van der Waals surface area contributed by atoms with Crippen molar-refractivity contribution in [2.45, 2.75) is 105 Å². The highest BCUT2D eigenvalue weighted by molar-refractivity contribution is 5.25. The Bertz CT molecular complexity index is 663. The van der Waals surface area contributed by atoms with Crippen molar-refractivity contribution in [3.05, 3.63) is 24.3 Å². The molecule has 0 saturated heterocycles. The van der Waals surface area contributed by atoms with Crippen LogP contribution in [0.2, 0.25) is 0 Å². The molecule has 4 rings (SSSR count). The highest BCUT2D eigenvalue weighted by Gasteiger charge is 2.59. The Kier molecular flexibility index (Phi) is 6.35. The first kappa shape index (κ1) is 22.6. The number of hydrogen-bond acceptors (Lipinski definition) is 1. The van der Waals surface area contributed by atoms with Gasteiger partial charge in [-0.3, -0.25) is 0 Å². The van der Waals surface area contributed by atoms with Gasteiger partial charge in [0, 0.05) is 0 Å². The molecule has 170 valence electrons. The molecule has 0 spiro atoms. The average molecular weight is 413 g/mol. The molecule has 30 heavy (non-hydrogen) atoms. The van der Waals surface area contributed by atoms with Gasteiger partial charge in [0.1, 0.15) is 0 Å². The third kappa shape index (κ3) is 3.56. The molecule has 0 amide bonds. The van der Waals surface area contributed by atoms with E-state index in [4.69, 9.17) is 0 Å². The smallest absolute Gasteiger partial charge is 0.0577 e. The Hall–Kier alpha value is -0.560. The molecule has 1 nitrogen and oxygen atoms in total. The summed E-state index contributed by atoms with van der Waals surface area (Å²) in [6.45, 7) is 16.6. The highest BCUT2D eigenvalue weighted by atomic mass is 16.3. The molecule has 0 aromatic heterocycles. The lowest BCUT2D eigenvalue weighted by atomic mass is 9.47. The summed E-state index contributed by atoms with van der Waals surface area (Å²) in [4.78, 5) is 0. The van der Waals surface area contributed by atoms with Gasteiger partial charge < -0.3 is 5.11 Å². The van der Waals surface area contributed by atoms with Gasteiger partial charge in [0.15, 0.2) is 0 Å². The number of rotatable bonds is 6. The summed E-state index contributed by atoms with van der Waals surface area (Å²) in [5.74, 6) is 5.84. The first-order valence-corrected chi connectivity index (χ1v) is 13.2. The fourth-order valence-electron chi connectivity index (χ4n) is 9.20. The summed E-state index contributed by atoms with van der Waals surface area (Å²) >= 11 is 0. The number of fused-ring (bicyclic) bond motifs is 5. The largest absolute Gasteiger partial charge is 0.393 e. The zero-order chi connectivity index (χ0) is 21.7. The van der Waals surface area contributed by atoms with Crippen molar-refractivity contribution in [1.29, 1.82) is 0 Å². The molecule has 0 aromatic rings. The molecule has 1 N–H and O–H groups in total. The minimum absolute atomic E-state index is 0.0871. The molecule has 10 atom stereocenters. The predicted octanol–water partition coefficient (Wildman–Crippen LogP) is 7.80. The van der Waals surface area contributed by atoms with Crippen molar-refractivity contribution in [1.82, 2.24) is 0 Å². The molecule has 0 aromatic carbocycles. The van der Waals surface area contributed by atoms with Crippen LogP contribution >= 0.6 is 0 Å². The first-order valence-electron chi connectivity index (χ1n) is 13.2. The Morgan fingerprint density at radius 1 is 1.13 bits per heavy atom. The second kappa shape index (κ2) is 8.42. The van der Waals surface area contributed by atoms with Crippen LogP contribution in [0.15, 0.2) is 24.3 Å². The van der Waals surface area contributed by atoms with E-state index in [9.17, 15) is 5.11 Å². The number of aliphatic hydroxyl groups excluding tert-OH is 1. The summed E-state index contributed by atoms with van der Waals surface area (Å²) in [5, 5.41) is 10.2. The highest BCUT2D eigenvalue weighted by Crippen LogP contribution is 2.67. The minimum atomic E-state index is -0.0871. The summed E-state index contributed by atoms with van der Waals surface area (Å²) in [7, 11) is 0. The minimum Gasteiger partial charge on any atom is -0.393 e. The lowest BCUT2D eigenvalue weighted by Gasteiger charge is -2.58. The Morgan fingerprint density at radius 3 is 2.60 bits per heavy atom. The van der Waals surface area contributed by atoms with Crippen LogP contribution in [-0.2, 0) is 0 Å². The maximum atomic E-state index is 10.2. The van der Waals surface area contributed by atoms with E-state index >= 15 is 0 Å². The van der Waals surface area contributed by atoms with Gasteiger partial charge in [-0.25, -0.2) is 0 Å². The summed E-state index contributed by atoms with van der Waals surface area (Å²) < 4.78 is 0. The third-order valence-corrected chi connectivity index (χ3v) is 11.2. The molecule has 3 fully saturated rings. The maximum Gasteiger partial charge on any atom is 0.0577 e. The van der Waals surface area contributed by atoms with E-state index in [1.54, 1.807) is 5.57 Å². The van der Waals surface area contributed by atoms with Crippen LogP contribution in [0.5, 0.6) is 0 Å². The predicted molar refractivity (Wildman–Crippen MR) is 128 cm³/mol. The average Bonchev–Trinajstić information content (AvgIpc) is 3.09.